The number of hydrogen-bond donors (Lipinski definition) is 3. The number of halogens is 3. The van der Waals surface area contributed by atoms with E-state index in [-0.39, 0.29) is 6.04 Å². The topological polar surface area (TPSA) is 113 Å². The van der Waals surface area contributed by atoms with Crippen LogP contribution in [-0.4, -0.2) is 63.9 Å². The molecule has 44 heavy (non-hydrogen) atoms. The Bertz CT molecular complexity index is 1620. The number of ether oxygens (including phenoxy) is 1. The summed E-state index contributed by atoms with van der Waals surface area (Å²) >= 11 is 0. The van der Waals surface area contributed by atoms with Gasteiger partial charge < -0.3 is 25.6 Å². The standard InChI is InChI=1S/C31H34F3N7O3/c1-30(2,3)44-29(43)39-23-10-12-40(13-11-23)26-8-7-22(17-35-26)20-9-14-41-25(18-36-27(41)16-20)21-5-4-6-24(15-21)38-28(42)37-19-31(32,33)34/h4-9,14-18,23H,10-13,19H2,1-3H3,(H,39,43)(H2,37,38,42). The molecule has 0 bridgehead atoms. The van der Waals surface area contributed by atoms with E-state index < -0.39 is 30.4 Å². The molecule has 1 aliphatic heterocycles. The zero-order chi connectivity index (χ0) is 31.5. The number of imidazole rings is 1. The third-order valence-corrected chi connectivity index (χ3v) is 7.00. The first kappa shape index (κ1) is 30.6. The van der Waals surface area contributed by atoms with Gasteiger partial charge in [0, 0.05) is 48.3 Å². The van der Waals surface area contributed by atoms with Crippen LogP contribution in [0.4, 0.5) is 34.3 Å². The number of fused-ring (bicyclic) bond motifs is 1. The Morgan fingerprint density at radius 2 is 1.73 bits per heavy atom. The van der Waals surface area contributed by atoms with Crippen LogP contribution in [0.15, 0.2) is 67.1 Å². The number of anilines is 2. The summed E-state index contributed by atoms with van der Waals surface area (Å²) in [6, 6.07) is 13.8. The summed E-state index contributed by atoms with van der Waals surface area (Å²) in [4.78, 5) is 35.4. The molecule has 4 heterocycles. The van der Waals surface area contributed by atoms with Crippen LogP contribution in [0.25, 0.3) is 28.0 Å². The van der Waals surface area contributed by atoms with Crippen molar-refractivity contribution in [3.05, 3.63) is 67.1 Å². The maximum absolute atomic E-state index is 12.4. The first-order valence-corrected chi connectivity index (χ1v) is 14.2. The lowest BCUT2D eigenvalue weighted by Gasteiger charge is -2.33. The molecule has 0 atom stereocenters. The molecule has 10 nitrogen and oxygen atoms in total. The van der Waals surface area contributed by atoms with Gasteiger partial charge in [0.05, 0.1) is 11.9 Å². The number of nitrogens with one attached hydrogen (secondary N) is 3. The first-order chi connectivity index (χ1) is 20.8. The number of hydrogen-bond acceptors (Lipinski definition) is 6. The highest BCUT2D eigenvalue weighted by Crippen LogP contribution is 2.28. The largest absolute Gasteiger partial charge is 0.444 e. The van der Waals surface area contributed by atoms with Crippen molar-refractivity contribution in [2.75, 3.05) is 29.9 Å². The lowest BCUT2D eigenvalue weighted by atomic mass is 10.0. The summed E-state index contributed by atoms with van der Waals surface area (Å²) in [5.41, 5.74) is 3.87. The first-order valence-electron chi connectivity index (χ1n) is 14.2. The van der Waals surface area contributed by atoms with Gasteiger partial charge in [0.25, 0.3) is 0 Å². The van der Waals surface area contributed by atoms with Crippen LogP contribution >= 0.6 is 0 Å². The number of urea groups is 1. The number of carbonyl (C=O) groups is 2. The molecule has 13 heteroatoms. The Kier molecular flexibility index (Phi) is 8.66. The van der Waals surface area contributed by atoms with Crippen LogP contribution in [0.3, 0.4) is 0 Å². The minimum atomic E-state index is -4.49. The third kappa shape index (κ3) is 7.97. The van der Waals surface area contributed by atoms with Gasteiger partial charge >= 0.3 is 18.3 Å². The van der Waals surface area contributed by atoms with Gasteiger partial charge in [-0.1, -0.05) is 12.1 Å². The van der Waals surface area contributed by atoms with Gasteiger partial charge in [-0.15, -0.1) is 0 Å². The van der Waals surface area contributed by atoms with Crippen molar-refractivity contribution < 1.29 is 27.5 Å². The fraction of sp³-hybridized carbons (Fsp3) is 0.355. The lowest BCUT2D eigenvalue weighted by molar-refractivity contribution is -0.122. The zero-order valence-corrected chi connectivity index (χ0v) is 24.6. The van der Waals surface area contributed by atoms with E-state index in [4.69, 9.17) is 9.72 Å². The maximum Gasteiger partial charge on any atom is 0.407 e. The van der Waals surface area contributed by atoms with E-state index in [1.807, 2.05) is 67.9 Å². The molecule has 0 radical (unpaired) electrons. The maximum atomic E-state index is 12.4. The zero-order valence-electron chi connectivity index (χ0n) is 24.6. The molecular formula is C31H34F3N7O3. The predicted octanol–water partition coefficient (Wildman–Crippen LogP) is 6.24. The molecule has 3 N–H and O–H groups in total. The number of amides is 3. The highest BCUT2D eigenvalue weighted by atomic mass is 19.4. The average Bonchev–Trinajstić information content (AvgIpc) is 3.39. The van der Waals surface area contributed by atoms with Crippen molar-refractivity contribution in [3.8, 4) is 22.4 Å². The normalized spacial score (nSPS) is 14.4. The molecule has 4 aromatic rings. The van der Waals surface area contributed by atoms with E-state index in [1.54, 1.807) is 29.7 Å². The molecule has 0 saturated carbocycles. The minimum absolute atomic E-state index is 0.0630. The molecule has 232 valence electrons. The highest BCUT2D eigenvalue weighted by Gasteiger charge is 2.28. The van der Waals surface area contributed by atoms with Gasteiger partial charge in [-0.3, -0.25) is 4.40 Å². The highest BCUT2D eigenvalue weighted by molar-refractivity contribution is 5.90. The Balaban J connectivity index is 1.21. The molecule has 3 amide bonds. The Hall–Kier alpha value is -4.81. The van der Waals surface area contributed by atoms with Crippen molar-refractivity contribution in [1.82, 2.24) is 25.0 Å². The van der Waals surface area contributed by atoms with E-state index in [2.05, 4.69) is 20.5 Å². The molecule has 5 rings (SSSR count). The second-order valence-electron chi connectivity index (χ2n) is 11.6. The van der Waals surface area contributed by atoms with Crippen molar-refractivity contribution >= 4 is 29.3 Å². The Morgan fingerprint density at radius 3 is 2.41 bits per heavy atom. The Morgan fingerprint density at radius 1 is 0.955 bits per heavy atom. The number of piperidine rings is 1. The lowest BCUT2D eigenvalue weighted by Crippen LogP contribution is -2.46. The smallest absolute Gasteiger partial charge is 0.407 e. The number of aromatic nitrogens is 3. The molecule has 0 spiro atoms. The van der Waals surface area contributed by atoms with Crippen molar-refractivity contribution in [1.29, 1.82) is 0 Å². The quantitative estimate of drug-likeness (QED) is 0.239. The molecule has 0 unspecified atom stereocenters. The second-order valence-corrected chi connectivity index (χ2v) is 11.6. The number of pyridine rings is 2. The van der Waals surface area contributed by atoms with Crippen LogP contribution in [0, 0.1) is 0 Å². The number of carbonyl (C=O) groups excluding carboxylic acids is 2. The second kappa shape index (κ2) is 12.4. The predicted molar refractivity (Wildman–Crippen MR) is 162 cm³/mol. The summed E-state index contributed by atoms with van der Waals surface area (Å²) in [6.45, 7) is 5.65. The van der Waals surface area contributed by atoms with E-state index in [0.29, 0.717) is 11.3 Å². The van der Waals surface area contributed by atoms with Crippen LogP contribution in [0.5, 0.6) is 0 Å². The number of nitrogens with zero attached hydrogens (tertiary/aromatic N) is 4. The van der Waals surface area contributed by atoms with Crippen molar-refractivity contribution in [2.45, 2.75) is 51.4 Å². The van der Waals surface area contributed by atoms with E-state index in [9.17, 15) is 22.8 Å². The molecule has 0 aliphatic carbocycles. The van der Waals surface area contributed by atoms with E-state index in [1.165, 1.54) is 0 Å². The average molecular weight is 610 g/mol. The van der Waals surface area contributed by atoms with E-state index >= 15 is 0 Å². The number of rotatable bonds is 6. The molecule has 1 fully saturated rings. The van der Waals surface area contributed by atoms with Gasteiger partial charge in [-0.05, 0) is 75.6 Å². The van der Waals surface area contributed by atoms with Crippen molar-refractivity contribution in [3.63, 3.8) is 0 Å². The van der Waals surface area contributed by atoms with Gasteiger partial charge in [0.15, 0.2) is 0 Å². The summed E-state index contributed by atoms with van der Waals surface area (Å²) in [5, 5.41) is 7.18. The molecule has 1 saturated heterocycles. The summed E-state index contributed by atoms with van der Waals surface area (Å²) in [5.74, 6) is 0.870. The SMILES string of the molecule is CC(C)(C)OC(=O)NC1CCN(c2ccc(-c3ccn4c(-c5cccc(NC(=O)NCC(F)(F)F)c5)cnc4c3)cn2)CC1. The molecular weight excluding hydrogens is 575 g/mol. The summed E-state index contributed by atoms with van der Waals surface area (Å²) in [7, 11) is 0. The fourth-order valence-electron chi connectivity index (χ4n) is 4.96. The van der Waals surface area contributed by atoms with Crippen LogP contribution in [-0.2, 0) is 4.74 Å². The molecule has 1 aliphatic rings. The number of benzene rings is 1. The van der Waals surface area contributed by atoms with Gasteiger partial charge in [-0.2, -0.15) is 13.2 Å². The summed E-state index contributed by atoms with van der Waals surface area (Å²) < 4.78 is 44.4. The van der Waals surface area contributed by atoms with Crippen LogP contribution in [0.1, 0.15) is 33.6 Å². The van der Waals surface area contributed by atoms with Crippen molar-refractivity contribution in [2.24, 2.45) is 0 Å². The third-order valence-electron chi connectivity index (χ3n) is 7.00. The number of alkyl halides is 3. The van der Waals surface area contributed by atoms with E-state index in [0.717, 1.165) is 54.1 Å². The molecule has 3 aromatic heterocycles. The van der Waals surface area contributed by atoms with Gasteiger partial charge in [-0.25, -0.2) is 19.6 Å². The number of alkyl carbamates (subject to hydrolysis) is 1. The monoisotopic (exact) mass is 609 g/mol. The van der Waals surface area contributed by atoms with Gasteiger partial charge in [0.2, 0.25) is 0 Å². The molecule has 1 aromatic carbocycles. The minimum Gasteiger partial charge on any atom is -0.444 e. The van der Waals surface area contributed by atoms with Crippen LogP contribution in [0.2, 0.25) is 0 Å². The summed E-state index contributed by atoms with van der Waals surface area (Å²) in [6.07, 6.45) is 2.13. The van der Waals surface area contributed by atoms with Gasteiger partial charge in [0.1, 0.15) is 23.6 Å². The Labute approximate surface area is 252 Å². The van der Waals surface area contributed by atoms with Crippen LogP contribution < -0.4 is 20.9 Å². The fourth-order valence-corrected chi connectivity index (χ4v) is 4.96.